The van der Waals surface area contributed by atoms with Gasteiger partial charge in [0.1, 0.15) is 48.3 Å². The molecule has 0 radical (unpaired) electrons. The van der Waals surface area contributed by atoms with Crippen LogP contribution in [0.25, 0.3) is 11.1 Å². The third-order valence-corrected chi connectivity index (χ3v) is 18.6. The molecule has 21 nitrogen and oxygen atoms in total. The fourth-order valence-electron chi connectivity index (χ4n) is 11.9. The van der Waals surface area contributed by atoms with Crippen LogP contribution in [0.1, 0.15) is 164 Å². The highest BCUT2D eigenvalue weighted by molar-refractivity contribution is 7.14. The van der Waals surface area contributed by atoms with Gasteiger partial charge in [-0.3, -0.25) is 47.9 Å². The number of nitrogens with two attached hydrogens (primary N) is 2. The summed E-state index contributed by atoms with van der Waals surface area (Å²) in [5.41, 5.74) is 16.5. The zero-order chi connectivity index (χ0) is 61.8. The van der Waals surface area contributed by atoms with E-state index in [1.165, 1.54) is 39.4 Å². The molecule has 0 spiro atoms. The lowest BCUT2D eigenvalue weighted by Crippen LogP contribution is -2.61. The molecule has 4 bridgehead atoms. The summed E-state index contributed by atoms with van der Waals surface area (Å²) in [7, 11) is 0. The van der Waals surface area contributed by atoms with E-state index in [4.69, 9.17) is 11.5 Å². The van der Waals surface area contributed by atoms with Crippen LogP contribution in [0.3, 0.4) is 0 Å². The van der Waals surface area contributed by atoms with Gasteiger partial charge in [0, 0.05) is 29.3 Å². The third-order valence-electron chi connectivity index (χ3n) is 16.5. The Morgan fingerprint density at radius 2 is 1.07 bits per heavy atom. The molecule has 2 fully saturated rings. The lowest BCUT2D eigenvalue weighted by atomic mass is 9.97. The highest BCUT2D eigenvalue weighted by Crippen LogP contribution is 2.45. The highest BCUT2D eigenvalue weighted by Gasteiger charge is 2.42. The molecule has 0 unspecified atom stereocenters. The summed E-state index contributed by atoms with van der Waals surface area (Å²) in [5, 5.41) is 19.8. The van der Waals surface area contributed by atoms with Crippen molar-refractivity contribution in [2.24, 2.45) is 23.3 Å². The standard InChI is InChI=1S/C62H87N11O10S2/c1-33(2)29-46-57(78)70-47(30-39-17-10-9-11-18-39)62(83)73-28-16-24-49(73)58(79)71-52(34(3)4)60(81)68-44(21-13-25-63)55(76)66-36(6)61(82)72-27-15-23-48(72)53(74)50-31-42(37(7)84-50)40-19-12-20-41(40)43-32-51(85-38(43)8)59(80)65-35(5)54(75)67-45(22-14-26-64)56(77)69-46/h9-11,17-18,31-36,44-49,52H,12-16,19-30,63-64H2,1-8H3,(H,65,80)(H,66,76)(H,67,75)(H,68,81)(H,69,77)(H,70,78)(H,71,79)/t35-,36-,44-,45-,46-,47+,48+,49-,52-/m0/s1. The minimum absolute atomic E-state index is 0.0300. The Labute approximate surface area is 506 Å². The fourth-order valence-corrected chi connectivity index (χ4v) is 13.9. The van der Waals surface area contributed by atoms with Crippen molar-refractivity contribution in [2.75, 3.05) is 26.2 Å². The van der Waals surface area contributed by atoms with Gasteiger partial charge in [-0.2, -0.15) is 0 Å². The molecule has 85 heavy (non-hydrogen) atoms. The number of nitrogens with zero attached hydrogens (tertiary/aromatic N) is 2. The first-order chi connectivity index (χ1) is 40.5. The number of Topliss-reactive ketones (excluding diaryl/α,β-unsaturated/α-hetero) is 1. The molecular formula is C62H87N11O10S2. The van der Waals surface area contributed by atoms with Crippen LogP contribution in [0.15, 0.2) is 42.5 Å². The summed E-state index contributed by atoms with van der Waals surface area (Å²) in [6.45, 7) is 15.1. The first kappa shape index (κ1) is 65.7. The fraction of sp³-hybridized carbons (Fsp3) is 0.581. The van der Waals surface area contributed by atoms with Gasteiger partial charge in [-0.1, -0.05) is 58.0 Å². The summed E-state index contributed by atoms with van der Waals surface area (Å²) in [6.07, 6.45) is 5.12. The van der Waals surface area contributed by atoms with Crippen LogP contribution in [0.4, 0.5) is 0 Å². The average molecular weight is 1210 g/mol. The molecule has 462 valence electrons. The molecule has 9 amide bonds. The van der Waals surface area contributed by atoms with Gasteiger partial charge < -0.3 is 58.5 Å². The van der Waals surface area contributed by atoms with Gasteiger partial charge in [0.25, 0.3) is 5.91 Å². The van der Waals surface area contributed by atoms with Gasteiger partial charge >= 0.3 is 0 Å². The van der Waals surface area contributed by atoms with Gasteiger partial charge in [-0.15, -0.1) is 22.7 Å². The number of nitrogens with one attached hydrogen (secondary N) is 7. The number of amides is 9. The van der Waals surface area contributed by atoms with E-state index in [0.717, 1.165) is 51.3 Å². The van der Waals surface area contributed by atoms with E-state index in [-0.39, 0.29) is 63.4 Å². The Morgan fingerprint density at radius 3 is 1.66 bits per heavy atom. The van der Waals surface area contributed by atoms with Crippen molar-refractivity contribution >= 4 is 92.8 Å². The van der Waals surface area contributed by atoms with E-state index < -0.39 is 113 Å². The third kappa shape index (κ3) is 16.4. The molecule has 0 saturated carbocycles. The van der Waals surface area contributed by atoms with Crippen molar-refractivity contribution in [3.8, 4) is 0 Å². The van der Waals surface area contributed by atoms with Crippen molar-refractivity contribution in [3.05, 3.63) is 78.7 Å². The summed E-state index contributed by atoms with van der Waals surface area (Å²) in [5.74, 6) is -6.19. The predicted octanol–water partition coefficient (Wildman–Crippen LogP) is 4.17. The maximum absolute atomic E-state index is 14.9. The molecule has 2 saturated heterocycles. The molecule has 1 aliphatic carbocycles. The number of carbonyl (C=O) groups is 10. The Kier molecular flexibility index (Phi) is 23.2. The number of thiophene rings is 2. The van der Waals surface area contributed by atoms with Gasteiger partial charge in [0.2, 0.25) is 47.3 Å². The number of benzene rings is 1. The largest absolute Gasteiger partial charge is 0.343 e. The Balaban J connectivity index is 1.22. The SMILES string of the molecule is Cc1sc2cc1C1=C(CCC1)c1cc(sc1C)C(=O)[C@H]1CCCN1C(=O)[C@H](C)NC(=O)[C@H](CCCN)NC(=O)[C@H](C(C)C)NC(=O)[C@@H]1CCCN1C(=O)[C@@H](Cc1ccccc1)NC(=O)[C@H](CC(C)C)NC(=O)[C@H](CCCN)NC(=O)[C@H](C)NC2=O. The highest BCUT2D eigenvalue weighted by atomic mass is 32.1. The first-order valence-electron chi connectivity index (χ1n) is 30.2. The zero-order valence-electron chi connectivity index (χ0n) is 50.4. The zero-order valence-corrected chi connectivity index (χ0v) is 52.0. The van der Waals surface area contributed by atoms with Gasteiger partial charge in [-0.05, 0) is 170 Å². The molecule has 11 N–H and O–H groups in total. The number of fused-ring (bicyclic) bond motifs is 8. The molecule has 9 atom stereocenters. The van der Waals surface area contributed by atoms with Crippen molar-refractivity contribution in [1.82, 2.24) is 47.0 Å². The van der Waals surface area contributed by atoms with Crippen LogP contribution < -0.4 is 48.7 Å². The van der Waals surface area contributed by atoms with E-state index >= 15 is 0 Å². The smallest absolute Gasteiger partial charge is 0.262 e. The molecule has 2 aromatic heterocycles. The lowest BCUT2D eigenvalue weighted by molar-refractivity contribution is -0.143. The minimum Gasteiger partial charge on any atom is -0.343 e. The normalized spacial score (nSPS) is 25.9. The Hall–Kier alpha value is -6.82. The van der Waals surface area contributed by atoms with Gasteiger partial charge in [0.15, 0.2) is 5.78 Å². The molecule has 1 aromatic carbocycles. The van der Waals surface area contributed by atoms with Crippen molar-refractivity contribution in [2.45, 2.75) is 193 Å². The van der Waals surface area contributed by atoms with E-state index in [0.29, 0.717) is 54.0 Å². The Morgan fingerprint density at radius 1 is 0.553 bits per heavy atom. The number of aryl methyl sites for hydroxylation is 2. The molecule has 5 heterocycles. The monoisotopic (exact) mass is 1210 g/mol. The molecule has 3 aliphatic heterocycles. The summed E-state index contributed by atoms with van der Waals surface area (Å²) >= 11 is 2.66. The summed E-state index contributed by atoms with van der Waals surface area (Å²) < 4.78 is 0. The summed E-state index contributed by atoms with van der Waals surface area (Å²) in [6, 6.07) is 2.91. The summed E-state index contributed by atoms with van der Waals surface area (Å²) in [4.78, 5) is 149. The van der Waals surface area contributed by atoms with Crippen LogP contribution in [0, 0.1) is 25.7 Å². The topological polar surface area (TPSA) is 313 Å². The van der Waals surface area contributed by atoms with E-state index in [1.54, 1.807) is 45.0 Å². The predicted molar refractivity (Wildman–Crippen MR) is 328 cm³/mol. The van der Waals surface area contributed by atoms with E-state index in [9.17, 15) is 47.9 Å². The number of allylic oxidation sites excluding steroid dienone is 2. The maximum atomic E-state index is 14.9. The van der Waals surface area contributed by atoms with Crippen LogP contribution in [-0.2, 0) is 44.8 Å². The lowest BCUT2D eigenvalue weighted by Gasteiger charge is -2.32. The van der Waals surface area contributed by atoms with Crippen molar-refractivity contribution in [1.29, 1.82) is 0 Å². The second kappa shape index (κ2) is 30.0. The van der Waals surface area contributed by atoms with Gasteiger partial charge in [0.05, 0.1) is 15.8 Å². The minimum atomic E-state index is -1.21. The molecule has 7 rings (SSSR count). The number of hydrogen-bond donors (Lipinski definition) is 9. The van der Waals surface area contributed by atoms with Crippen LogP contribution in [0.2, 0.25) is 0 Å². The van der Waals surface area contributed by atoms with Crippen LogP contribution in [0.5, 0.6) is 0 Å². The maximum Gasteiger partial charge on any atom is 0.262 e. The number of ketones is 1. The van der Waals surface area contributed by atoms with Crippen molar-refractivity contribution < 1.29 is 47.9 Å². The van der Waals surface area contributed by atoms with E-state index in [1.807, 2.05) is 45.9 Å². The number of rotatable bonds is 11. The number of carbonyl (C=O) groups excluding carboxylic acids is 10. The second-order valence-corrected chi connectivity index (χ2v) is 26.3. The molecule has 4 aliphatic rings. The van der Waals surface area contributed by atoms with E-state index in [2.05, 4.69) is 37.2 Å². The Bertz CT molecular complexity index is 2990. The average Bonchev–Trinajstić information content (AvgIpc) is 3.03. The quantitative estimate of drug-likeness (QED) is 0.131. The molecular weight excluding hydrogens is 1120 g/mol. The van der Waals surface area contributed by atoms with Gasteiger partial charge in [-0.25, -0.2) is 0 Å². The van der Waals surface area contributed by atoms with Crippen LogP contribution in [-0.4, -0.2) is 149 Å². The van der Waals surface area contributed by atoms with Crippen LogP contribution >= 0.6 is 22.7 Å². The molecule has 23 heteroatoms. The van der Waals surface area contributed by atoms with Crippen molar-refractivity contribution in [3.63, 3.8) is 0 Å². The molecule has 3 aromatic rings. The number of hydrogen-bond acceptors (Lipinski definition) is 14. The second-order valence-electron chi connectivity index (χ2n) is 23.8. The first-order valence-corrected chi connectivity index (χ1v) is 31.8.